The van der Waals surface area contributed by atoms with Crippen LogP contribution in [0.5, 0.6) is 0 Å². The third-order valence-corrected chi connectivity index (χ3v) is 6.80. The molecular formula is C21H30N6S. The van der Waals surface area contributed by atoms with Crippen LogP contribution in [-0.4, -0.2) is 60.0 Å². The molecule has 1 aromatic carbocycles. The molecule has 0 bridgehead atoms. The lowest BCUT2D eigenvalue weighted by Crippen LogP contribution is -2.53. The molecule has 2 heterocycles. The first-order chi connectivity index (χ1) is 13.6. The Morgan fingerprint density at radius 2 is 1.96 bits per heavy atom. The average Bonchev–Trinajstić information content (AvgIpc) is 3.35. The summed E-state index contributed by atoms with van der Waals surface area (Å²) in [7, 11) is 1.89. The molecule has 1 aliphatic carbocycles. The third kappa shape index (κ3) is 3.85. The molecule has 1 aliphatic heterocycles. The summed E-state index contributed by atoms with van der Waals surface area (Å²) in [5, 5.41) is 4.72. The van der Waals surface area contributed by atoms with Crippen molar-refractivity contribution in [2.45, 2.75) is 38.5 Å². The molecule has 2 fully saturated rings. The first kappa shape index (κ1) is 19.2. The Morgan fingerprint density at radius 3 is 2.57 bits per heavy atom. The van der Waals surface area contributed by atoms with E-state index in [9.17, 15) is 0 Å². The Bertz CT molecular complexity index is 833. The fourth-order valence-corrected chi connectivity index (χ4v) is 4.87. The fraction of sp³-hybridized carbons (Fsp3) is 0.571. The smallest absolute Gasteiger partial charge is 0.205 e. The topological polar surface area (TPSA) is 56.7 Å². The number of nitrogens with one attached hydrogen (secondary N) is 1. The second-order valence-corrected chi connectivity index (χ2v) is 8.55. The van der Waals surface area contributed by atoms with Gasteiger partial charge in [-0.1, -0.05) is 31.2 Å². The Morgan fingerprint density at radius 1 is 1.21 bits per heavy atom. The van der Waals surface area contributed by atoms with E-state index >= 15 is 0 Å². The Hall–Kier alpha value is -2.15. The van der Waals surface area contributed by atoms with Crippen molar-refractivity contribution >= 4 is 22.6 Å². The SMILES string of the molecule is CCc1nsc(N2CCN(C(=NC)NCC3(c4ccccc4C)CC3)CC2)n1. The van der Waals surface area contributed by atoms with Crippen molar-refractivity contribution in [3.05, 3.63) is 41.2 Å². The molecule has 0 atom stereocenters. The van der Waals surface area contributed by atoms with Crippen LogP contribution >= 0.6 is 11.5 Å². The molecular weight excluding hydrogens is 368 g/mol. The predicted molar refractivity (Wildman–Crippen MR) is 117 cm³/mol. The van der Waals surface area contributed by atoms with Crippen molar-refractivity contribution < 1.29 is 0 Å². The van der Waals surface area contributed by atoms with Crippen molar-refractivity contribution in [1.29, 1.82) is 0 Å². The molecule has 0 spiro atoms. The molecule has 0 unspecified atom stereocenters. The number of hydrogen-bond donors (Lipinski definition) is 1. The molecule has 6 nitrogen and oxygen atoms in total. The van der Waals surface area contributed by atoms with Gasteiger partial charge in [0.2, 0.25) is 5.13 Å². The molecule has 1 N–H and O–H groups in total. The highest BCUT2D eigenvalue weighted by molar-refractivity contribution is 7.09. The number of aryl methyl sites for hydroxylation is 2. The minimum absolute atomic E-state index is 0.284. The molecule has 4 rings (SSSR count). The largest absolute Gasteiger partial charge is 0.355 e. The number of nitrogens with zero attached hydrogens (tertiary/aromatic N) is 5. The van der Waals surface area contributed by atoms with Crippen LogP contribution in [-0.2, 0) is 11.8 Å². The van der Waals surface area contributed by atoms with Gasteiger partial charge >= 0.3 is 0 Å². The first-order valence-electron chi connectivity index (χ1n) is 10.2. The molecule has 1 aromatic heterocycles. The van der Waals surface area contributed by atoms with Gasteiger partial charge in [-0.2, -0.15) is 4.37 Å². The van der Waals surface area contributed by atoms with Crippen molar-refractivity contribution in [2.75, 3.05) is 44.7 Å². The quantitative estimate of drug-likeness (QED) is 0.620. The summed E-state index contributed by atoms with van der Waals surface area (Å²) in [5.41, 5.74) is 3.17. The van der Waals surface area contributed by atoms with Crippen LogP contribution in [0.2, 0.25) is 0 Å². The van der Waals surface area contributed by atoms with Crippen molar-refractivity contribution in [1.82, 2.24) is 19.6 Å². The molecule has 1 saturated heterocycles. The zero-order chi connectivity index (χ0) is 19.6. The summed E-state index contributed by atoms with van der Waals surface area (Å²) in [5.74, 6) is 1.97. The maximum atomic E-state index is 4.63. The summed E-state index contributed by atoms with van der Waals surface area (Å²) in [6.07, 6.45) is 3.41. The minimum atomic E-state index is 0.284. The average molecular weight is 399 g/mol. The Labute approximate surface area is 171 Å². The van der Waals surface area contributed by atoms with E-state index < -0.39 is 0 Å². The third-order valence-electron chi connectivity index (χ3n) is 5.99. The van der Waals surface area contributed by atoms with Crippen LogP contribution in [0.25, 0.3) is 0 Å². The standard InChI is InChI=1S/C21H30N6S/c1-4-18-24-20(28-25-18)27-13-11-26(12-14-27)19(22-3)23-15-21(9-10-21)17-8-6-5-7-16(17)2/h5-8H,4,9-15H2,1-3H3,(H,22,23). The summed E-state index contributed by atoms with van der Waals surface area (Å²) in [4.78, 5) is 13.9. The number of anilines is 1. The lowest BCUT2D eigenvalue weighted by molar-refractivity contribution is 0.370. The van der Waals surface area contributed by atoms with E-state index in [1.54, 1.807) is 0 Å². The van der Waals surface area contributed by atoms with Gasteiger partial charge in [0.25, 0.3) is 0 Å². The molecule has 2 aromatic rings. The van der Waals surface area contributed by atoms with Gasteiger partial charge < -0.3 is 15.1 Å². The van der Waals surface area contributed by atoms with Crippen LogP contribution < -0.4 is 10.2 Å². The van der Waals surface area contributed by atoms with E-state index in [4.69, 9.17) is 0 Å². The number of aliphatic imine (C=N–C) groups is 1. The van der Waals surface area contributed by atoms with E-state index in [1.165, 1.54) is 35.5 Å². The highest BCUT2D eigenvalue weighted by atomic mass is 32.1. The number of piperazine rings is 1. The van der Waals surface area contributed by atoms with Gasteiger partial charge in [0.1, 0.15) is 5.82 Å². The maximum absolute atomic E-state index is 4.63. The van der Waals surface area contributed by atoms with Crippen LogP contribution in [0, 0.1) is 6.92 Å². The first-order valence-corrected chi connectivity index (χ1v) is 11.0. The number of benzene rings is 1. The van der Waals surface area contributed by atoms with E-state index in [2.05, 4.69) is 67.6 Å². The van der Waals surface area contributed by atoms with Crippen LogP contribution in [0.1, 0.15) is 36.7 Å². The lowest BCUT2D eigenvalue weighted by Gasteiger charge is -2.36. The van der Waals surface area contributed by atoms with Crippen LogP contribution in [0.4, 0.5) is 5.13 Å². The van der Waals surface area contributed by atoms with Crippen LogP contribution in [0.15, 0.2) is 29.3 Å². The van der Waals surface area contributed by atoms with Gasteiger partial charge in [0.05, 0.1) is 0 Å². The van der Waals surface area contributed by atoms with Gasteiger partial charge in [-0.25, -0.2) is 4.98 Å². The second kappa shape index (κ2) is 8.07. The number of rotatable bonds is 5. The Balaban J connectivity index is 1.34. The maximum Gasteiger partial charge on any atom is 0.205 e. The zero-order valence-electron chi connectivity index (χ0n) is 17.1. The van der Waals surface area contributed by atoms with E-state index in [1.807, 2.05) is 7.05 Å². The minimum Gasteiger partial charge on any atom is -0.355 e. The summed E-state index contributed by atoms with van der Waals surface area (Å²) in [6.45, 7) is 9.12. The van der Waals surface area contributed by atoms with Gasteiger partial charge in [-0.05, 0) is 30.9 Å². The summed E-state index contributed by atoms with van der Waals surface area (Å²) in [6, 6.07) is 8.80. The molecule has 7 heteroatoms. The molecule has 2 aliphatic rings. The number of aromatic nitrogens is 2. The van der Waals surface area contributed by atoms with E-state index in [-0.39, 0.29) is 5.41 Å². The number of hydrogen-bond acceptors (Lipinski definition) is 5. The molecule has 28 heavy (non-hydrogen) atoms. The second-order valence-electron chi connectivity index (χ2n) is 7.82. The Kier molecular flexibility index (Phi) is 5.53. The molecule has 150 valence electrons. The monoisotopic (exact) mass is 398 g/mol. The fourth-order valence-electron chi connectivity index (χ4n) is 4.07. The normalized spacial score (nSPS) is 19.0. The summed E-state index contributed by atoms with van der Waals surface area (Å²) < 4.78 is 4.42. The van der Waals surface area contributed by atoms with Crippen molar-refractivity contribution in [3.8, 4) is 0 Å². The van der Waals surface area contributed by atoms with Crippen molar-refractivity contribution in [2.24, 2.45) is 4.99 Å². The summed E-state index contributed by atoms with van der Waals surface area (Å²) >= 11 is 1.52. The highest BCUT2D eigenvalue weighted by Gasteiger charge is 2.45. The highest BCUT2D eigenvalue weighted by Crippen LogP contribution is 2.48. The van der Waals surface area contributed by atoms with E-state index in [0.29, 0.717) is 0 Å². The van der Waals surface area contributed by atoms with Crippen LogP contribution in [0.3, 0.4) is 0 Å². The molecule has 0 amide bonds. The van der Waals surface area contributed by atoms with Crippen molar-refractivity contribution in [3.63, 3.8) is 0 Å². The lowest BCUT2D eigenvalue weighted by atomic mass is 9.92. The van der Waals surface area contributed by atoms with Gasteiger partial charge in [0, 0.05) is 63.1 Å². The molecule has 1 saturated carbocycles. The zero-order valence-corrected chi connectivity index (χ0v) is 17.9. The number of guanidine groups is 1. The van der Waals surface area contributed by atoms with E-state index in [0.717, 1.165) is 56.1 Å². The van der Waals surface area contributed by atoms with Gasteiger partial charge in [-0.15, -0.1) is 0 Å². The van der Waals surface area contributed by atoms with Gasteiger partial charge in [0.15, 0.2) is 5.96 Å². The van der Waals surface area contributed by atoms with Gasteiger partial charge in [-0.3, -0.25) is 4.99 Å². The molecule has 0 radical (unpaired) electrons. The predicted octanol–water partition coefficient (Wildman–Crippen LogP) is 2.84.